The van der Waals surface area contributed by atoms with Crippen LogP contribution in [-0.2, 0) is 0 Å². The molecule has 2 aliphatic rings. The van der Waals surface area contributed by atoms with Crippen molar-refractivity contribution in [3.05, 3.63) is 0 Å². The second kappa shape index (κ2) is 6.22. The molecule has 17 heavy (non-hydrogen) atoms. The lowest BCUT2D eigenvalue weighted by atomic mass is 9.76. The number of piperidine rings is 1. The van der Waals surface area contributed by atoms with Crippen LogP contribution in [0.2, 0.25) is 0 Å². The molecule has 2 atom stereocenters. The summed E-state index contributed by atoms with van der Waals surface area (Å²) in [5, 5.41) is 0. The predicted molar refractivity (Wildman–Crippen MR) is 75.1 cm³/mol. The zero-order chi connectivity index (χ0) is 12.3. The molecular formula is C16H31N. The zero-order valence-electron chi connectivity index (χ0n) is 12.1. The van der Waals surface area contributed by atoms with Crippen molar-refractivity contribution < 1.29 is 0 Å². The SMILES string of the molecule is CCC1CCN(CC2CC(C)CC(C)C2)CC1. The van der Waals surface area contributed by atoms with Crippen LogP contribution in [0.3, 0.4) is 0 Å². The molecule has 1 heterocycles. The van der Waals surface area contributed by atoms with E-state index in [9.17, 15) is 0 Å². The van der Waals surface area contributed by atoms with Crippen LogP contribution in [0.15, 0.2) is 0 Å². The molecule has 0 spiro atoms. The lowest BCUT2D eigenvalue weighted by Gasteiger charge is -2.38. The summed E-state index contributed by atoms with van der Waals surface area (Å²) in [5.74, 6) is 3.95. The molecule has 0 bridgehead atoms. The lowest BCUT2D eigenvalue weighted by Crippen LogP contribution is -2.38. The molecule has 0 aromatic carbocycles. The molecule has 1 saturated heterocycles. The van der Waals surface area contributed by atoms with Crippen LogP contribution in [0.5, 0.6) is 0 Å². The van der Waals surface area contributed by atoms with Gasteiger partial charge in [-0.1, -0.05) is 27.2 Å². The number of nitrogens with zero attached hydrogens (tertiary/aromatic N) is 1. The van der Waals surface area contributed by atoms with Crippen molar-refractivity contribution in [1.82, 2.24) is 4.90 Å². The van der Waals surface area contributed by atoms with Gasteiger partial charge in [-0.25, -0.2) is 0 Å². The summed E-state index contributed by atoms with van der Waals surface area (Å²) in [7, 11) is 0. The Labute approximate surface area is 108 Å². The largest absolute Gasteiger partial charge is 0.303 e. The number of rotatable bonds is 3. The fourth-order valence-corrected chi connectivity index (χ4v) is 4.21. The average molecular weight is 237 g/mol. The second-order valence-corrected chi connectivity index (χ2v) is 6.94. The fraction of sp³-hybridized carbons (Fsp3) is 1.00. The third-order valence-corrected chi connectivity index (χ3v) is 5.08. The zero-order valence-corrected chi connectivity index (χ0v) is 12.1. The van der Waals surface area contributed by atoms with E-state index in [2.05, 4.69) is 25.7 Å². The maximum Gasteiger partial charge on any atom is 0.000986 e. The van der Waals surface area contributed by atoms with E-state index in [0.29, 0.717) is 0 Å². The molecular weight excluding hydrogens is 206 g/mol. The topological polar surface area (TPSA) is 3.24 Å². The van der Waals surface area contributed by atoms with Gasteiger partial charge in [-0.05, 0) is 68.9 Å². The molecule has 1 heteroatoms. The Morgan fingerprint density at radius 1 is 0.882 bits per heavy atom. The van der Waals surface area contributed by atoms with E-state index in [1.165, 1.54) is 58.2 Å². The summed E-state index contributed by atoms with van der Waals surface area (Å²) < 4.78 is 0. The highest BCUT2D eigenvalue weighted by molar-refractivity contribution is 4.79. The quantitative estimate of drug-likeness (QED) is 0.712. The highest BCUT2D eigenvalue weighted by Crippen LogP contribution is 2.34. The molecule has 2 rings (SSSR count). The van der Waals surface area contributed by atoms with Gasteiger partial charge in [0.2, 0.25) is 0 Å². The monoisotopic (exact) mass is 237 g/mol. The fourth-order valence-electron chi connectivity index (χ4n) is 4.21. The van der Waals surface area contributed by atoms with E-state index in [1.54, 1.807) is 0 Å². The minimum Gasteiger partial charge on any atom is -0.303 e. The van der Waals surface area contributed by atoms with Crippen molar-refractivity contribution in [2.24, 2.45) is 23.7 Å². The molecule has 0 radical (unpaired) electrons. The van der Waals surface area contributed by atoms with Gasteiger partial charge >= 0.3 is 0 Å². The normalized spacial score (nSPS) is 37.2. The molecule has 0 N–H and O–H groups in total. The van der Waals surface area contributed by atoms with Gasteiger partial charge in [0.05, 0.1) is 0 Å². The first-order valence-electron chi connectivity index (χ1n) is 7.89. The van der Waals surface area contributed by atoms with E-state index >= 15 is 0 Å². The number of hydrogen-bond acceptors (Lipinski definition) is 1. The summed E-state index contributed by atoms with van der Waals surface area (Å²) in [4.78, 5) is 2.75. The smallest absolute Gasteiger partial charge is 0.000986 e. The Hall–Kier alpha value is -0.0400. The van der Waals surface area contributed by atoms with Crippen molar-refractivity contribution in [3.63, 3.8) is 0 Å². The Kier molecular flexibility index (Phi) is 4.90. The average Bonchev–Trinajstić information content (AvgIpc) is 2.28. The van der Waals surface area contributed by atoms with Gasteiger partial charge in [0.15, 0.2) is 0 Å². The maximum absolute atomic E-state index is 2.75. The molecule has 2 unspecified atom stereocenters. The Morgan fingerprint density at radius 2 is 1.47 bits per heavy atom. The highest BCUT2D eigenvalue weighted by atomic mass is 15.1. The summed E-state index contributed by atoms with van der Waals surface area (Å²) >= 11 is 0. The highest BCUT2D eigenvalue weighted by Gasteiger charge is 2.26. The van der Waals surface area contributed by atoms with E-state index in [0.717, 1.165) is 23.7 Å². The van der Waals surface area contributed by atoms with Crippen LogP contribution >= 0.6 is 0 Å². The van der Waals surface area contributed by atoms with Crippen LogP contribution in [0.4, 0.5) is 0 Å². The number of hydrogen-bond donors (Lipinski definition) is 0. The van der Waals surface area contributed by atoms with E-state index < -0.39 is 0 Å². The van der Waals surface area contributed by atoms with Crippen molar-refractivity contribution in [1.29, 1.82) is 0 Å². The van der Waals surface area contributed by atoms with Crippen LogP contribution in [0.25, 0.3) is 0 Å². The van der Waals surface area contributed by atoms with Gasteiger partial charge in [-0.15, -0.1) is 0 Å². The number of likely N-dealkylation sites (tertiary alicyclic amines) is 1. The van der Waals surface area contributed by atoms with Crippen LogP contribution < -0.4 is 0 Å². The third-order valence-electron chi connectivity index (χ3n) is 5.08. The Morgan fingerprint density at radius 3 is 2.00 bits per heavy atom. The first-order chi connectivity index (χ1) is 8.17. The van der Waals surface area contributed by atoms with Gasteiger partial charge in [0, 0.05) is 6.54 Å². The standard InChI is InChI=1S/C16H31N/c1-4-15-5-7-17(8-6-15)12-16-10-13(2)9-14(3)11-16/h13-16H,4-12H2,1-3H3. The van der Waals surface area contributed by atoms with Crippen LogP contribution in [0.1, 0.15) is 59.3 Å². The summed E-state index contributed by atoms with van der Waals surface area (Å²) in [5.41, 5.74) is 0. The van der Waals surface area contributed by atoms with Crippen molar-refractivity contribution >= 4 is 0 Å². The minimum atomic E-state index is 0.969. The molecule has 0 amide bonds. The van der Waals surface area contributed by atoms with Gasteiger partial charge in [-0.3, -0.25) is 0 Å². The van der Waals surface area contributed by atoms with E-state index in [-0.39, 0.29) is 0 Å². The third kappa shape index (κ3) is 3.98. The van der Waals surface area contributed by atoms with Gasteiger partial charge in [0.1, 0.15) is 0 Å². The maximum atomic E-state index is 2.75. The first kappa shape index (κ1) is 13.4. The summed E-state index contributed by atoms with van der Waals surface area (Å²) in [6.45, 7) is 11.4. The molecule has 1 aliphatic carbocycles. The second-order valence-electron chi connectivity index (χ2n) is 6.94. The Balaban J connectivity index is 1.74. The van der Waals surface area contributed by atoms with Crippen molar-refractivity contribution in [2.75, 3.05) is 19.6 Å². The van der Waals surface area contributed by atoms with Gasteiger partial charge in [0.25, 0.3) is 0 Å². The van der Waals surface area contributed by atoms with Crippen LogP contribution in [-0.4, -0.2) is 24.5 Å². The molecule has 2 fully saturated rings. The Bertz CT molecular complexity index is 208. The lowest BCUT2D eigenvalue weighted by molar-refractivity contribution is 0.119. The van der Waals surface area contributed by atoms with E-state index in [4.69, 9.17) is 0 Å². The summed E-state index contributed by atoms with van der Waals surface area (Å²) in [6, 6.07) is 0. The van der Waals surface area contributed by atoms with Crippen LogP contribution in [0, 0.1) is 23.7 Å². The molecule has 0 aromatic rings. The predicted octanol–water partition coefficient (Wildman–Crippen LogP) is 4.18. The minimum absolute atomic E-state index is 0.969. The summed E-state index contributed by atoms with van der Waals surface area (Å²) in [6.07, 6.45) is 8.73. The first-order valence-corrected chi connectivity index (χ1v) is 7.89. The molecule has 1 nitrogen and oxygen atoms in total. The molecule has 1 aliphatic heterocycles. The van der Waals surface area contributed by atoms with Gasteiger partial charge < -0.3 is 4.90 Å². The molecule has 100 valence electrons. The molecule has 1 saturated carbocycles. The van der Waals surface area contributed by atoms with E-state index in [1.807, 2.05) is 0 Å². The molecule has 0 aromatic heterocycles. The van der Waals surface area contributed by atoms with Gasteiger partial charge in [-0.2, -0.15) is 0 Å². The van der Waals surface area contributed by atoms with Crippen molar-refractivity contribution in [3.8, 4) is 0 Å². The van der Waals surface area contributed by atoms with Crippen molar-refractivity contribution in [2.45, 2.75) is 59.3 Å².